The molecule has 4 heteroatoms. The number of rotatable bonds is 5. The largest absolute Gasteiger partial charge is 0.496 e. The SMILES string of the molecule is COc1ccc(Cl)cc1CN(C)C(=O)CC1C=CCC1. The Morgan fingerprint density at radius 2 is 2.30 bits per heavy atom. The van der Waals surface area contributed by atoms with Crippen molar-refractivity contribution in [1.82, 2.24) is 4.90 Å². The molecule has 0 fully saturated rings. The van der Waals surface area contributed by atoms with Gasteiger partial charge < -0.3 is 9.64 Å². The summed E-state index contributed by atoms with van der Waals surface area (Å²) < 4.78 is 5.31. The Bertz CT molecular complexity index is 513. The van der Waals surface area contributed by atoms with Gasteiger partial charge in [0.2, 0.25) is 5.91 Å². The molecule has 108 valence electrons. The second-order valence-electron chi connectivity index (χ2n) is 5.18. The topological polar surface area (TPSA) is 29.5 Å². The number of hydrogen-bond donors (Lipinski definition) is 0. The lowest BCUT2D eigenvalue weighted by atomic mass is 10.0. The van der Waals surface area contributed by atoms with Crippen molar-refractivity contribution >= 4 is 17.5 Å². The molecule has 1 amide bonds. The monoisotopic (exact) mass is 293 g/mol. The molecule has 0 aromatic heterocycles. The number of nitrogens with zero attached hydrogens (tertiary/aromatic N) is 1. The Morgan fingerprint density at radius 3 is 2.95 bits per heavy atom. The van der Waals surface area contributed by atoms with Crippen LogP contribution in [0.5, 0.6) is 5.75 Å². The van der Waals surface area contributed by atoms with E-state index in [2.05, 4.69) is 12.2 Å². The molecule has 0 spiro atoms. The lowest BCUT2D eigenvalue weighted by Crippen LogP contribution is -2.27. The molecular weight excluding hydrogens is 274 g/mol. The molecule has 20 heavy (non-hydrogen) atoms. The molecular formula is C16H20ClNO2. The van der Waals surface area contributed by atoms with E-state index < -0.39 is 0 Å². The number of allylic oxidation sites excluding steroid dienone is 2. The maximum atomic E-state index is 12.2. The normalized spacial score (nSPS) is 17.2. The summed E-state index contributed by atoms with van der Waals surface area (Å²) in [6, 6.07) is 5.46. The van der Waals surface area contributed by atoms with Crippen molar-refractivity contribution in [3.63, 3.8) is 0 Å². The molecule has 0 aliphatic heterocycles. The highest BCUT2D eigenvalue weighted by Gasteiger charge is 2.18. The Kier molecular flexibility index (Phi) is 5.07. The number of benzene rings is 1. The van der Waals surface area contributed by atoms with E-state index in [-0.39, 0.29) is 5.91 Å². The first-order valence-electron chi connectivity index (χ1n) is 6.83. The fourth-order valence-electron chi connectivity index (χ4n) is 2.46. The lowest BCUT2D eigenvalue weighted by molar-refractivity contribution is -0.131. The van der Waals surface area contributed by atoms with Gasteiger partial charge in [-0.2, -0.15) is 0 Å². The van der Waals surface area contributed by atoms with Gasteiger partial charge in [-0.15, -0.1) is 0 Å². The highest BCUT2D eigenvalue weighted by Crippen LogP contribution is 2.25. The summed E-state index contributed by atoms with van der Waals surface area (Å²) in [6.07, 6.45) is 7.05. The highest BCUT2D eigenvalue weighted by atomic mass is 35.5. The second kappa shape index (κ2) is 6.80. The smallest absolute Gasteiger partial charge is 0.223 e. The zero-order valence-corrected chi connectivity index (χ0v) is 12.7. The molecule has 1 aromatic rings. The summed E-state index contributed by atoms with van der Waals surface area (Å²) in [7, 11) is 3.44. The maximum Gasteiger partial charge on any atom is 0.223 e. The highest BCUT2D eigenvalue weighted by molar-refractivity contribution is 6.30. The minimum Gasteiger partial charge on any atom is -0.496 e. The van der Waals surface area contributed by atoms with Crippen LogP contribution in [-0.2, 0) is 11.3 Å². The van der Waals surface area contributed by atoms with E-state index in [1.165, 1.54) is 0 Å². The predicted octanol–water partition coefficient (Wildman–Crippen LogP) is 3.66. The van der Waals surface area contributed by atoms with E-state index in [9.17, 15) is 4.79 Å². The molecule has 0 N–H and O–H groups in total. The molecule has 2 rings (SSSR count). The van der Waals surface area contributed by atoms with Crippen LogP contribution in [0.1, 0.15) is 24.8 Å². The van der Waals surface area contributed by atoms with Crippen molar-refractivity contribution in [2.24, 2.45) is 5.92 Å². The van der Waals surface area contributed by atoms with Gasteiger partial charge in [0, 0.05) is 30.6 Å². The number of carbonyl (C=O) groups is 1. The maximum absolute atomic E-state index is 12.2. The van der Waals surface area contributed by atoms with E-state index >= 15 is 0 Å². The van der Waals surface area contributed by atoms with Gasteiger partial charge in [-0.05, 0) is 37.0 Å². The fourth-order valence-corrected chi connectivity index (χ4v) is 2.65. The molecule has 3 nitrogen and oxygen atoms in total. The van der Waals surface area contributed by atoms with Crippen LogP contribution in [0.25, 0.3) is 0 Å². The third kappa shape index (κ3) is 3.76. The van der Waals surface area contributed by atoms with Gasteiger partial charge in [0.1, 0.15) is 5.75 Å². The number of ether oxygens (including phenoxy) is 1. The van der Waals surface area contributed by atoms with Crippen molar-refractivity contribution in [2.45, 2.75) is 25.8 Å². The van der Waals surface area contributed by atoms with Gasteiger partial charge in [-0.1, -0.05) is 23.8 Å². The van der Waals surface area contributed by atoms with E-state index in [1.807, 2.05) is 19.2 Å². The molecule has 0 heterocycles. The number of hydrogen-bond acceptors (Lipinski definition) is 2. The summed E-state index contributed by atoms with van der Waals surface area (Å²) in [4.78, 5) is 13.9. The quantitative estimate of drug-likeness (QED) is 0.775. The second-order valence-corrected chi connectivity index (χ2v) is 5.61. The molecule has 0 bridgehead atoms. The summed E-state index contributed by atoms with van der Waals surface area (Å²) >= 11 is 6.01. The fraction of sp³-hybridized carbons (Fsp3) is 0.438. The van der Waals surface area contributed by atoms with Crippen LogP contribution in [0.3, 0.4) is 0 Å². The van der Waals surface area contributed by atoms with Crippen LogP contribution >= 0.6 is 11.6 Å². The van der Waals surface area contributed by atoms with Crippen molar-refractivity contribution in [2.75, 3.05) is 14.2 Å². The average Bonchev–Trinajstić information content (AvgIpc) is 2.91. The summed E-state index contributed by atoms with van der Waals surface area (Å²) in [5.41, 5.74) is 0.929. The van der Waals surface area contributed by atoms with E-state index in [0.717, 1.165) is 24.2 Å². The number of methoxy groups -OCH3 is 1. The van der Waals surface area contributed by atoms with Gasteiger partial charge in [0.15, 0.2) is 0 Å². The van der Waals surface area contributed by atoms with Gasteiger partial charge in [-0.3, -0.25) is 4.79 Å². The molecule has 1 aromatic carbocycles. The Labute approximate surface area is 125 Å². The summed E-state index contributed by atoms with van der Waals surface area (Å²) in [6.45, 7) is 0.513. The predicted molar refractivity (Wildman–Crippen MR) is 81.0 cm³/mol. The van der Waals surface area contributed by atoms with Crippen molar-refractivity contribution < 1.29 is 9.53 Å². The number of amides is 1. The molecule has 1 unspecified atom stereocenters. The van der Waals surface area contributed by atoms with E-state index in [4.69, 9.17) is 16.3 Å². The first kappa shape index (κ1) is 14.9. The Balaban J connectivity index is 1.99. The first-order chi connectivity index (χ1) is 9.60. The molecule has 0 saturated carbocycles. The van der Waals surface area contributed by atoms with Gasteiger partial charge in [0.05, 0.1) is 7.11 Å². The molecule has 1 aliphatic carbocycles. The summed E-state index contributed by atoms with van der Waals surface area (Å²) in [5.74, 6) is 1.31. The first-order valence-corrected chi connectivity index (χ1v) is 7.21. The molecule has 1 atom stereocenters. The molecule has 0 saturated heterocycles. The zero-order valence-electron chi connectivity index (χ0n) is 11.9. The van der Waals surface area contributed by atoms with Crippen molar-refractivity contribution in [3.05, 3.63) is 40.9 Å². The Hall–Kier alpha value is -1.48. The van der Waals surface area contributed by atoms with Crippen molar-refractivity contribution in [3.8, 4) is 5.75 Å². The van der Waals surface area contributed by atoms with E-state index in [1.54, 1.807) is 18.1 Å². The van der Waals surface area contributed by atoms with Crippen LogP contribution in [0.2, 0.25) is 5.02 Å². The van der Waals surface area contributed by atoms with Crippen LogP contribution in [0.4, 0.5) is 0 Å². The zero-order chi connectivity index (χ0) is 14.5. The molecule has 1 aliphatic rings. The third-order valence-corrected chi connectivity index (χ3v) is 3.86. The Morgan fingerprint density at radius 1 is 1.50 bits per heavy atom. The molecule has 0 radical (unpaired) electrons. The van der Waals surface area contributed by atoms with Crippen LogP contribution in [0, 0.1) is 5.92 Å². The standard InChI is InChI=1S/C16H20ClNO2/c1-18(16(19)9-12-5-3-4-6-12)11-13-10-14(17)7-8-15(13)20-2/h3,5,7-8,10,12H,4,6,9,11H2,1-2H3. The van der Waals surface area contributed by atoms with Gasteiger partial charge >= 0.3 is 0 Å². The number of carbonyl (C=O) groups excluding carboxylic acids is 1. The average molecular weight is 294 g/mol. The van der Waals surface area contributed by atoms with E-state index in [0.29, 0.717) is 23.9 Å². The summed E-state index contributed by atoms with van der Waals surface area (Å²) in [5, 5.41) is 0.653. The minimum absolute atomic E-state index is 0.156. The van der Waals surface area contributed by atoms with Gasteiger partial charge in [0.25, 0.3) is 0 Å². The van der Waals surface area contributed by atoms with Crippen molar-refractivity contribution in [1.29, 1.82) is 0 Å². The van der Waals surface area contributed by atoms with Crippen LogP contribution in [0.15, 0.2) is 30.4 Å². The van der Waals surface area contributed by atoms with Crippen LogP contribution < -0.4 is 4.74 Å². The third-order valence-electron chi connectivity index (χ3n) is 3.62. The van der Waals surface area contributed by atoms with Crippen LogP contribution in [-0.4, -0.2) is 25.0 Å². The number of halogens is 1. The van der Waals surface area contributed by atoms with Gasteiger partial charge in [-0.25, -0.2) is 0 Å². The minimum atomic E-state index is 0.156. The lowest BCUT2D eigenvalue weighted by Gasteiger charge is -2.20.